The number of nitrogens with zero attached hydrogens (tertiary/aromatic N) is 2. The SMILES string of the molecule is COc1ccc(CBr)nc1-c1cccc(N([O-])O)c1. The van der Waals surface area contributed by atoms with E-state index in [4.69, 9.17) is 9.94 Å². The van der Waals surface area contributed by atoms with Crippen molar-refractivity contribution in [2.45, 2.75) is 5.33 Å². The summed E-state index contributed by atoms with van der Waals surface area (Å²) in [6.45, 7) is 0. The number of alkyl halides is 1. The number of pyridine rings is 1. The predicted octanol–water partition coefficient (Wildman–Crippen LogP) is 3.35. The van der Waals surface area contributed by atoms with Crippen molar-refractivity contribution in [1.29, 1.82) is 0 Å². The van der Waals surface area contributed by atoms with Gasteiger partial charge >= 0.3 is 0 Å². The lowest BCUT2D eigenvalue weighted by atomic mass is 10.1. The maximum Gasteiger partial charge on any atom is 0.145 e. The van der Waals surface area contributed by atoms with E-state index in [1.54, 1.807) is 25.3 Å². The Balaban J connectivity index is 2.53. The van der Waals surface area contributed by atoms with Crippen molar-refractivity contribution in [1.82, 2.24) is 4.98 Å². The molecule has 0 amide bonds. The summed E-state index contributed by atoms with van der Waals surface area (Å²) in [5.41, 5.74) is 2.32. The molecule has 0 aliphatic carbocycles. The van der Waals surface area contributed by atoms with Crippen molar-refractivity contribution in [3.63, 3.8) is 0 Å². The van der Waals surface area contributed by atoms with E-state index < -0.39 is 0 Å². The molecular formula is C13H12BrN2O3-. The Morgan fingerprint density at radius 1 is 1.37 bits per heavy atom. The Kier molecular flexibility index (Phi) is 4.36. The van der Waals surface area contributed by atoms with Crippen LogP contribution in [0, 0.1) is 5.21 Å². The Morgan fingerprint density at radius 3 is 2.79 bits per heavy atom. The van der Waals surface area contributed by atoms with Gasteiger partial charge < -0.3 is 15.2 Å². The third-order valence-corrected chi connectivity index (χ3v) is 3.19. The molecule has 0 aliphatic rings. The Hall–Kier alpha value is -1.63. The van der Waals surface area contributed by atoms with Crippen molar-refractivity contribution in [2.24, 2.45) is 0 Å². The van der Waals surface area contributed by atoms with Crippen LogP contribution in [0.4, 0.5) is 5.69 Å². The summed E-state index contributed by atoms with van der Waals surface area (Å²) in [4.78, 5) is 4.46. The van der Waals surface area contributed by atoms with Crippen LogP contribution in [0.2, 0.25) is 0 Å². The second-order valence-corrected chi connectivity index (χ2v) is 4.37. The molecule has 1 aromatic carbocycles. The maximum absolute atomic E-state index is 10.9. The molecule has 0 bridgehead atoms. The van der Waals surface area contributed by atoms with E-state index in [2.05, 4.69) is 20.9 Å². The zero-order valence-corrected chi connectivity index (χ0v) is 11.8. The third kappa shape index (κ3) is 3.04. The molecule has 0 saturated carbocycles. The Morgan fingerprint density at radius 2 is 2.16 bits per heavy atom. The fourth-order valence-corrected chi connectivity index (χ4v) is 2.02. The lowest BCUT2D eigenvalue weighted by Crippen LogP contribution is -2.06. The molecule has 5 nitrogen and oxygen atoms in total. The average molecular weight is 324 g/mol. The zero-order valence-electron chi connectivity index (χ0n) is 10.2. The molecule has 6 heteroatoms. The molecule has 0 atom stereocenters. The first-order chi connectivity index (χ1) is 9.15. The van der Waals surface area contributed by atoms with Crippen molar-refractivity contribution in [3.8, 4) is 17.0 Å². The van der Waals surface area contributed by atoms with Crippen molar-refractivity contribution >= 4 is 21.6 Å². The van der Waals surface area contributed by atoms with Crippen LogP contribution in [0.25, 0.3) is 11.3 Å². The normalized spacial score (nSPS) is 10.3. The number of methoxy groups -OCH3 is 1. The van der Waals surface area contributed by atoms with Crippen LogP contribution in [0.15, 0.2) is 36.4 Å². The molecule has 100 valence electrons. The summed E-state index contributed by atoms with van der Waals surface area (Å²) < 4.78 is 5.27. The maximum atomic E-state index is 10.9. The highest BCUT2D eigenvalue weighted by molar-refractivity contribution is 9.08. The van der Waals surface area contributed by atoms with E-state index in [-0.39, 0.29) is 10.9 Å². The summed E-state index contributed by atoms with van der Waals surface area (Å²) >= 11 is 3.35. The van der Waals surface area contributed by atoms with Crippen molar-refractivity contribution < 1.29 is 9.94 Å². The predicted molar refractivity (Wildman–Crippen MR) is 76.5 cm³/mol. The molecule has 0 unspecified atom stereocenters. The summed E-state index contributed by atoms with van der Waals surface area (Å²) in [6.07, 6.45) is 0. The van der Waals surface area contributed by atoms with E-state index in [1.807, 2.05) is 12.1 Å². The van der Waals surface area contributed by atoms with E-state index in [0.29, 0.717) is 22.3 Å². The fourth-order valence-electron chi connectivity index (χ4n) is 1.70. The smallest absolute Gasteiger partial charge is 0.145 e. The van der Waals surface area contributed by atoms with Gasteiger partial charge in [-0.1, -0.05) is 28.1 Å². The van der Waals surface area contributed by atoms with Gasteiger partial charge in [-0.15, -0.1) is 0 Å². The first kappa shape index (κ1) is 13.8. The standard InChI is InChI=1S/C13H12BrN2O3/c1-19-12-6-5-10(8-14)15-13(12)9-3-2-4-11(7-9)16(17)18/h2-7,17H,8H2,1H3/q-1. The highest BCUT2D eigenvalue weighted by Crippen LogP contribution is 2.30. The topological polar surface area (TPSA) is 68.7 Å². The quantitative estimate of drug-likeness (QED) is 0.690. The molecule has 0 radical (unpaired) electrons. The number of aromatic nitrogens is 1. The molecule has 1 N–H and O–H groups in total. The number of benzene rings is 1. The van der Waals surface area contributed by atoms with Crippen LogP contribution in [0.1, 0.15) is 5.69 Å². The molecule has 1 heterocycles. The molecule has 0 fully saturated rings. The van der Waals surface area contributed by atoms with Crippen LogP contribution in [-0.2, 0) is 5.33 Å². The number of hydrogen-bond acceptors (Lipinski definition) is 5. The second kappa shape index (κ2) is 6.01. The zero-order chi connectivity index (χ0) is 13.8. The summed E-state index contributed by atoms with van der Waals surface area (Å²) in [5.74, 6) is 0.609. The van der Waals surface area contributed by atoms with Crippen molar-refractivity contribution in [2.75, 3.05) is 12.3 Å². The van der Waals surface area contributed by atoms with Crippen LogP contribution in [0.5, 0.6) is 5.75 Å². The molecule has 0 saturated heterocycles. The fraction of sp³-hybridized carbons (Fsp3) is 0.154. The lowest BCUT2D eigenvalue weighted by molar-refractivity contribution is 0.296. The minimum absolute atomic E-state index is 0.144. The summed E-state index contributed by atoms with van der Waals surface area (Å²) in [6, 6.07) is 10.2. The van der Waals surface area contributed by atoms with Gasteiger partial charge in [-0.3, -0.25) is 5.21 Å². The van der Waals surface area contributed by atoms with Gasteiger partial charge in [-0.25, -0.2) is 4.98 Å². The highest BCUT2D eigenvalue weighted by Gasteiger charge is 2.09. The number of rotatable bonds is 4. The number of anilines is 1. The third-order valence-electron chi connectivity index (χ3n) is 2.61. The first-order valence-electron chi connectivity index (χ1n) is 5.52. The minimum atomic E-state index is -0.176. The van der Waals surface area contributed by atoms with Gasteiger partial charge in [0.15, 0.2) is 0 Å². The average Bonchev–Trinajstić information content (AvgIpc) is 2.46. The second-order valence-electron chi connectivity index (χ2n) is 3.81. The highest BCUT2D eigenvalue weighted by atomic mass is 79.9. The minimum Gasteiger partial charge on any atom is -0.733 e. The summed E-state index contributed by atoms with van der Waals surface area (Å²) in [5, 5.41) is 20.3. The van der Waals surface area contributed by atoms with Crippen LogP contribution in [0.3, 0.4) is 0 Å². The lowest BCUT2D eigenvalue weighted by Gasteiger charge is -2.22. The first-order valence-corrected chi connectivity index (χ1v) is 6.64. The number of hydrogen-bond donors (Lipinski definition) is 1. The van der Waals surface area contributed by atoms with Crippen LogP contribution >= 0.6 is 15.9 Å². The largest absolute Gasteiger partial charge is 0.733 e. The van der Waals surface area contributed by atoms with Gasteiger partial charge in [0.1, 0.15) is 11.4 Å². The van der Waals surface area contributed by atoms with Crippen LogP contribution in [-0.4, -0.2) is 17.3 Å². The Labute approximate surface area is 119 Å². The van der Waals surface area contributed by atoms with Gasteiger partial charge in [0.05, 0.1) is 18.5 Å². The molecule has 19 heavy (non-hydrogen) atoms. The molecule has 2 rings (SSSR count). The molecule has 0 aliphatic heterocycles. The summed E-state index contributed by atoms with van der Waals surface area (Å²) in [7, 11) is 1.56. The van der Waals surface area contributed by atoms with Crippen LogP contribution < -0.4 is 9.96 Å². The van der Waals surface area contributed by atoms with Gasteiger partial charge in [-0.2, -0.15) is 0 Å². The molecule has 0 spiro atoms. The molecule has 1 aromatic heterocycles. The van der Waals surface area contributed by atoms with Gasteiger partial charge in [0.2, 0.25) is 0 Å². The van der Waals surface area contributed by atoms with Crippen molar-refractivity contribution in [3.05, 3.63) is 47.3 Å². The Bertz CT molecular complexity index is 576. The van der Waals surface area contributed by atoms with E-state index in [0.717, 1.165) is 5.69 Å². The number of halogens is 1. The van der Waals surface area contributed by atoms with Gasteiger partial charge in [-0.05, 0) is 24.3 Å². The van der Waals surface area contributed by atoms with E-state index in [1.165, 1.54) is 6.07 Å². The number of ether oxygens (including phenoxy) is 1. The molecular weight excluding hydrogens is 312 g/mol. The monoisotopic (exact) mass is 323 g/mol. The van der Waals surface area contributed by atoms with Gasteiger partial charge in [0.25, 0.3) is 0 Å². The van der Waals surface area contributed by atoms with E-state index in [9.17, 15) is 5.21 Å². The van der Waals surface area contributed by atoms with E-state index >= 15 is 0 Å². The van der Waals surface area contributed by atoms with Gasteiger partial charge in [0, 0.05) is 10.9 Å². The molecule has 2 aromatic rings.